The molecule has 0 saturated carbocycles. The molecule has 0 fully saturated rings. The van der Waals surface area contributed by atoms with Gasteiger partial charge in [-0.25, -0.2) is 4.79 Å². The maximum Gasteiger partial charge on any atom is 0.353 e. The summed E-state index contributed by atoms with van der Waals surface area (Å²) in [5.74, 6) is -1.12. The van der Waals surface area contributed by atoms with Crippen LogP contribution in [0.15, 0.2) is 23.6 Å². The van der Waals surface area contributed by atoms with Gasteiger partial charge in [-0.1, -0.05) is 12.7 Å². The molecule has 0 radical (unpaired) electrons. The molecule has 0 spiro atoms. The molecule has 76 valence electrons. The van der Waals surface area contributed by atoms with E-state index in [2.05, 4.69) is 16.5 Å². The van der Waals surface area contributed by atoms with Crippen LogP contribution in [0.5, 0.6) is 0 Å². The number of aromatic amines is 2. The molecule has 5 nitrogen and oxygen atoms in total. The minimum Gasteiger partial charge on any atom is -0.477 e. The normalized spacial score (nSPS) is 10.4. The molecule has 3 N–H and O–H groups in total. The summed E-state index contributed by atoms with van der Waals surface area (Å²) >= 11 is 0. The van der Waals surface area contributed by atoms with Gasteiger partial charge in [0, 0.05) is 17.8 Å². The third kappa shape index (κ3) is 1.25. The minimum absolute atomic E-state index is 0.0282. The number of H-pyrrole nitrogens is 2. The monoisotopic (exact) mass is 204 g/mol. The molecule has 0 unspecified atom stereocenters. The summed E-state index contributed by atoms with van der Waals surface area (Å²) in [7, 11) is 0. The van der Waals surface area contributed by atoms with Crippen molar-refractivity contribution in [1.29, 1.82) is 0 Å². The summed E-state index contributed by atoms with van der Waals surface area (Å²) in [5, 5.41) is 9.22. The second kappa shape index (κ2) is 3.13. The van der Waals surface area contributed by atoms with Gasteiger partial charge in [-0.3, -0.25) is 4.79 Å². The molecule has 2 aromatic rings. The van der Waals surface area contributed by atoms with Gasteiger partial charge in [0.2, 0.25) is 0 Å². The summed E-state index contributed by atoms with van der Waals surface area (Å²) < 4.78 is 0. The maximum absolute atomic E-state index is 11.5. The van der Waals surface area contributed by atoms with Gasteiger partial charge in [-0.15, -0.1) is 0 Å². The Morgan fingerprint density at radius 1 is 1.53 bits per heavy atom. The van der Waals surface area contributed by atoms with Crippen molar-refractivity contribution in [3.05, 3.63) is 40.3 Å². The average molecular weight is 204 g/mol. The zero-order valence-corrected chi connectivity index (χ0v) is 7.70. The number of aromatic carboxylic acids is 1. The lowest BCUT2D eigenvalue weighted by Gasteiger charge is -1.90. The number of fused-ring (bicyclic) bond motifs is 1. The Morgan fingerprint density at radius 3 is 2.87 bits per heavy atom. The van der Waals surface area contributed by atoms with E-state index in [9.17, 15) is 9.59 Å². The van der Waals surface area contributed by atoms with E-state index in [1.165, 1.54) is 18.3 Å². The predicted octanol–water partition coefficient (Wildman–Crippen LogP) is 1.20. The summed E-state index contributed by atoms with van der Waals surface area (Å²) in [6, 6.07) is 1.34. The number of carboxylic acid groups (broad SMARTS) is 1. The smallest absolute Gasteiger partial charge is 0.353 e. The third-order valence-electron chi connectivity index (χ3n) is 2.17. The van der Waals surface area contributed by atoms with Crippen molar-refractivity contribution in [2.75, 3.05) is 0 Å². The van der Waals surface area contributed by atoms with Crippen molar-refractivity contribution in [2.45, 2.75) is 0 Å². The molecule has 2 heterocycles. The van der Waals surface area contributed by atoms with Gasteiger partial charge in [0.1, 0.15) is 11.3 Å². The Kier molecular flexibility index (Phi) is 1.93. The molecule has 0 aliphatic heterocycles. The van der Waals surface area contributed by atoms with Gasteiger partial charge < -0.3 is 15.1 Å². The first-order chi connectivity index (χ1) is 7.15. The fraction of sp³-hybridized carbons (Fsp3) is 0. The van der Waals surface area contributed by atoms with E-state index in [-0.39, 0.29) is 11.1 Å². The van der Waals surface area contributed by atoms with Gasteiger partial charge in [-0.05, 0) is 0 Å². The molecule has 0 amide bonds. The molecule has 2 rings (SSSR count). The van der Waals surface area contributed by atoms with Gasteiger partial charge in [0.05, 0.1) is 5.39 Å². The van der Waals surface area contributed by atoms with Crippen LogP contribution in [-0.2, 0) is 0 Å². The van der Waals surface area contributed by atoms with E-state index in [0.29, 0.717) is 16.6 Å². The van der Waals surface area contributed by atoms with E-state index in [4.69, 9.17) is 5.11 Å². The minimum atomic E-state index is -1.12. The van der Waals surface area contributed by atoms with Gasteiger partial charge in [0.25, 0.3) is 0 Å². The van der Waals surface area contributed by atoms with Crippen LogP contribution in [0.2, 0.25) is 0 Å². The second-order valence-corrected chi connectivity index (χ2v) is 3.01. The predicted molar refractivity (Wildman–Crippen MR) is 56.0 cm³/mol. The lowest BCUT2D eigenvalue weighted by molar-refractivity contribution is 0.0691. The van der Waals surface area contributed by atoms with Gasteiger partial charge in [0.15, 0.2) is 5.43 Å². The highest BCUT2D eigenvalue weighted by molar-refractivity contribution is 6.00. The molecule has 0 saturated heterocycles. The van der Waals surface area contributed by atoms with E-state index in [0.717, 1.165) is 0 Å². The topological polar surface area (TPSA) is 85.9 Å². The molecule has 0 aromatic carbocycles. The van der Waals surface area contributed by atoms with Gasteiger partial charge in [-0.2, -0.15) is 0 Å². The van der Waals surface area contributed by atoms with Crippen molar-refractivity contribution in [3.63, 3.8) is 0 Å². The Morgan fingerprint density at radius 2 is 2.27 bits per heavy atom. The number of hydrogen-bond donors (Lipinski definition) is 3. The summed E-state index contributed by atoms with van der Waals surface area (Å²) in [5.41, 5.74) is 0.455. The quantitative estimate of drug-likeness (QED) is 0.686. The van der Waals surface area contributed by atoms with Crippen molar-refractivity contribution in [2.24, 2.45) is 0 Å². The Bertz CT molecular complexity index is 607. The SMILES string of the molecule is C=Cc1c(C(=O)O)[nH]c2[nH]ccc(=O)c12. The Balaban J connectivity index is 2.99. The molecule has 0 aliphatic carbocycles. The number of aromatic nitrogens is 2. The van der Waals surface area contributed by atoms with E-state index in [1.54, 1.807) is 0 Å². The van der Waals surface area contributed by atoms with Crippen LogP contribution in [0.1, 0.15) is 16.1 Å². The fourth-order valence-corrected chi connectivity index (χ4v) is 1.54. The van der Waals surface area contributed by atoms with Crippen molar-refractivity contribution in [3.8, 4) is 0 Å². The first-order valence-corrected chi connectivity index (χ1v) is 4.24. The number of rotatable bonds is 2. The van der Waals surface area contributed by atoms with Crippen LogP contribution in [0, 0.1) is 0 Å². The lowest BCUT2D eigenvalue weighted by Crippen LogP contribution is -2.01. The average Bonchev–Trinajstić information content (AvgIpc) is 2.57. The van der Waals surface area contributed by atoms with E-state index >= 15 is 0 Å². The Hall–Kier alpha value is -2.30. The van der Waals surface area contributed by atoms with Crippen LogP contribution < -0.4 is 5.43 Å². The molecule has 0 bridgehead atoms. The van der Waals surface area contributed by atoms with E-state index in [1.807, 2.05) is 0 Å². The standard InChI is InChI=1S/C10H8N2O3/c1-2-5-7-6(13)3-4-11-9(7)12-8(5)10(14)15/h2-4H,1H2,(H,14,15)(H2,11,12,13). The molecular weight excluding hydrogens is 196 g/mol. The number of carboxylic acids is 1. The van der Waals surface area contributed by atoms with Crippen LogP contribution in [0.4, 0.5) is 0 Å². The van der Waals surface area contributed by atoms with Crippen LogP contribution in [0.25, 0.3) is 17.1 Å². The molecule has 5 heteroatoms. The van der Waals surface area contributed by atoms with Crippen LogP contribution in [0.3, 0.4) is 0 Å². The van der Waals surface area contributed by atoms with Crippen molar-refractivity contribution < 1.29 is 9.90 Å². The largest absolute Gasteiger partial charge is 0.477 e. The molecule has 0 atom stereocenters. The summed E-state index contributed by atoms with van der Waals surface area (Å²) in [6.07, 6.45) is 2.82. The number of pyridine rings is 1. The van der Waals surface area contributed by atoms with E-state index < -0.39 is 5.97 Å². The molecular formula is C10H8N2O3. The lowest BCUT2D eigenvalue weighted by atomic mass is 10.1. The second-order valence-electron chi connectivity index (χ2n) is 3.01. The van der Waals surface area contributed by atoms with Crippen molar-refractivity contribution >= 4 is 23.1 Å². The zero-order chi connectivity index (χ0) is 11.0. The molecule has 15 heavy (non-hydrogen) atoms. The number of nitrogens with one attached hydrogen (secondary N) is 2. The number of carbonyl (C=O) groups is 1. The summed E-state index contributed by atoms with van der Waals surface area (Å²) in [4.78, 5) is 27.8. The van der Waals surface area contributed by atoms with Crippen molar-refractivity contribution in [1.82, 2.24) is 9.97 Å². The van der Waals surface area contributed by atoms with Crippen LogP contribution in [-0.4, -0.2) is 21.0 Å². The maximum atomic E-state index is 11.5. The summed E-state index contributed by atoms with van der Waals surface area (Å²) in [6.45, 7) is 3.50. The third-order valence-corrected chi connectivity index (χ3v) is 2.17. The first kappa shape index (κ1) is 9.26. The first-order valence-electron chi connectivity index (χ1n) is 4.24. The molecule has 2 aromatic heterocycles. The Labute approximate surface area is 84.1 Å². The van der Waals surface area contributed by atoms with Gasteiger partial charge >= 0.3 is 5.97 Å². The highest BCUT2D eigenvalue weighted by Crippen LogP contribution is 2.18. The number of hydrogen-bond acceptors (Lipinski definition) is 2. The highest BCUT2D eigenvalue weighted by Gasteiger charge is 2.16. The van der Waals surface area contributed by atoms with Crippen LogP contribution >= 0.6 is 0 Å². The zero-order valence-electron chi connectivity index (χ0n) is 7.70. The highest BCUT2D eigenvalue weighted by atomic mass is 16.4. The fourth-order valence-electron chi connectivity index (χ4n) is 1.54. The molecule has 0 aliphatic rings.